The molecule has 0 radical (unpaired) electrons. The van der Waals surface area contributed by atoms with Crippen molar-refractivity contribution in [2.24, 2.45) is 22.9 Å². The monoisotopic (exact) mass is 749 g/mol. The Balaban J connectivity index is 1.42. The highest BCUT2D eigenvalue weighted by Crippen LogP contribution is 2.49. The van der Waals surface area contributed by atoms with E-state index in [0.717, 1.165) is 18.4 Å². The van der Waals surface area contributed by atoms with Gasteiger partial charge in [-0.15, -0.1) is 0 Å². The Morgan fingerprint density at radius 1 is 1.07 bits per heavy atom. The van der Waals surface area contributed by atoms with Gasteiger partial charge in [-0.1, -0.05) is 86.6 Å². The van der Waals surface area contributed by atoms with Gasteiger partial charge in [0.1, 0.15) is 43.0 Å². The predicted molar refractivity (Wildman–Crippen MR) is 199 cm³/mol. The number of benzene rings is 1. The summed E-state index contributed by atoms with van der Waals surface area (Å²) in [6.45, 7) is 9.79. The number of aliphatic hydroxyl groups is 2. The summed E-state index contributed by atoms with van der Waals surface area (Å²) < 4.78 is 37.8. The maximum atomic E-state index is 14.3. The molecule has 1 spiro atoms. The molecule has 6 rings (SSSR count). The molecule has 1 aromatic rings. The first-order chi connectivity index (χ1) is 25.8. The molecule has 1 aromatic carbocycles. The molecule has 294 valence electrons. The maximum Gasteiger partial charge on any atom is 0.361 e. The van der Waals surface area contributed by atoms with Crippen LogP contribution in [-0.2, 0) is 42.8 Å². The van der Waals surface area contributed by atoms with Crippen molar-refractivity contribution in [3.05, 3.63) is 83.0 Å². The van der Waals surface area contributed by atoms with Crippen LogP contribution in [0.5, 0.6) is 0 Å². The second-order valence-electron chi connectivity index (χ2n) is 15.4. The van der Waals surface area contributed by atoms with Gasteiger partial charge in [0.05, 0.1) is 12.2 Å². The second kappa shape index (κ2) is 16.6. The van der Waals surface area contributed by atoms with Gasteiger partial charge in [-0.25, -0.2) is 4.79 Å². The number of hydrogen-bond donors (Lipinski definition) is 2. The fraction of sp³-hybridized carbons (Fsp3) is 0.595. The summed E-state index contributed by atoms with van der Waals surface area (Å²) in [5.41, 5.74) is 0.0966. The van der Waals surface area contributed by atoms with Crippen LogP contribution in [0.2, 0.25) is 0 Å². The van der Waals surface area contributed by atoms with Crippen molar-refractivity contribution in [1.29, 1.82) is 0 Å². The van der Waals surface area contributed by atoms with Crippen molar-refractivity contribution in [2.75, 3.05) is 14.2 Å². The minimum atomic E-state index is -1.99. The van der Waals surface area contributed by atoms with Gasteiger partial charge in [0.25, 0.3) is 0 Å². The Kier molecular flexibility index (Phi) is 12.3. The lowest BCUT2D eigenvalue weighted by Crippen LogP contribution is -2.58. The van der Waals surface area contributed by atoms with Crippen molar-refractivity contribution in [3.8, 4) is 0 Å². The van der Waals surface area contributed by atoms with Crippen LogP contribution in [-0.4, -0.2) is 96.4 Å². The first kappa shape index (κ1) is 40.0. The van der Waals surface area contributed by atoms with E-state index in [1.165, 1.54) is 14.2 Å². The van der Waals surface area contributed by atoms with E-state index in [4.69, 9.17) is 33.3 Å². The molecule has 4 aliphatic heterocycles. The lowest BCUT2D eigenvalue weighted by Gasteiger charge is -2.50. The SMILES string of the molecule is CCC1OC2(CC[C@@H]1C)CC1CC(C/C=C(\C)C(OC(=O)/C(=N/OC)c3ccccc3)[C@@H](C)/C=C/C=C3\[C@H](OC)OC4[C@H](O)C(C)=CC(C(=O)O1)[C@]34O)O2. The van der Waals surface area contributed by atoms with Crippen LogP contribution in [0.4, 0.5) is 0 Å². The Labute approximate surface area is 317 Å². The minimum Gasteiger partial charge on any atom is -0.462 e. The molecule has 0 saturated carbocycles. The predicted octanol–water partition coefficient (Wildman–Crippen LogP) is 5.47. The van der Waals surface area contributed by atoms with Crippen molar-refractivity contribution < 1.29 is 53.1 Å². The van der Waals surface area contributed by atoms with E-state index >= 15 is 0 Å². The highest BCUT2D eigenvalue weighted by molar-refractivity contribution is 6.43. The molecule has 3 saturated heterocycles. The molecule has 5 aliphatic rings. The molecule has 12 nitrogen and oxygen atoms in total. The third-order valence-corrected chi connectivity index (χ3v) is 11.6. The van der Waals surface area contributed by atoms with Crippen LogP contribution in [0.3, 0.4) is 0 Å². The molecule has 0 amide bonds. The van der Waals surface area contributed by atoms with Crippen molar-refractivity contribution in [3.63, 3.8) is 0 Å². The largest absolute Gasteiger partial charge is 0.462 e. The topological polar surface area (TPSA) is 152 Å². The fourth-order valence-corrected chi connectivity index (χ4v) is 8.66. The van der Waals surface area contributed by atoms with Gasteiger partial charge >= 0.3 is 11.9 Å². The average molecular weight is 750 g/mol. The molecule has 1 aliphatic carbocycles. The van der Waals surface area contributed by atoms with Crippen LogP contribution in [0.15, 0.2) is 82.6 Å². The van der Waals surface area contributed by atoms with E-state index < -0.39 is 66.1 Å². The Hall–Kier alpha value is -3.65. The van der Waals surface area contributed by atoms with Crippen LogP contribution >= 0.6 is 0 Å². The van der Waals surface area contributed by atoms with Crippen molar-refractivity contribution >= 4 is 17.7 Å². The summed E-state index contributed by atoms with van der Waals surface area (Å²) in [6, 6.07) is 8.96. The van der Waals surface area contributed by atoms with Gasteiger partial charge < -0.3 is 43.5 Å². The molecular formula is C42H55NO11. The number of fused-ring (bicyclic) bond motifs is 2. The number of carbonyl (C=O) groups is 2. The number of nitrogens with zero attached hydrogens (tertiary/aromatic N) is 1. The summed E-state index contributed by atoms with van der Waals surface area (Å²) in [5.74, 6) is -3.49. The summed E-state index contributed by atoms with van der Waals surface area (Å²) in [7, 11) is 2.81. The number of oxime groups is 1. The normalized spacial score (nSPS) is 41.3. The van der Waals surface area contributed by atoms with Crippen molar-refractivity contribution in [1.82, 2.24) is 0 Å². The maximum absolute atomic E-state index is 14.3. The van der Waals surface area contributed by atoms with E-state index in [1.54, 1.807) is 49.4 Å². The molecule has 7 unspecified atom stereocenters. The second-order valence-corrected chi connectivity index (χ2v) is 15.4. The highest BCUT2D eigenvalue weighted by atomic mass is 16.7. The number of aliphatic hydroxyl groups excluding tert-OH is 1. The van der Waals surface area contributed by atoms with E-state index in [2.05, 4.69) is 19.0 Å². The zero-order valence-corrected chi connectivity index (χ0v) is 32.3. The number of hydrogen-bond acceptors (Lipinski definition) is 12. The number of ether oxygens (including phenoxy) is 6. The number of carbonyl (C=O) groups excluding carboxylic acids is 2. The number of rotatable bonds is 6. The van der Waals surface area contributed by atoms with E-state index in [-0.39, 0.29) is 23.3 Å². The summed E-state index contributed by atoms with van der Waals surface area (Å²) in [5, 5.41) is 27.8. The molecule has 2 N–H and O–H groups in total. The smallest absolute Gasteiger partial charge is 0.361 e. The van der Waals surface area contributed by atoms with E-state index in [1.807, 2.05) is 32.1 Å². The number of methoxy groups -OCH3 is 1. The molecule has 4 heterocycles. The first-order valence-corrected chi connectivity index (χ1v) is 19.1. The Bertz CT molecular complexity index is 1690. The molecule has 3 fully saturated rings. The molecule has 0 aromatic heterocycles. The van der Waals surface area contributed by atoms with E-state index in [9.17, 15) is 19.8 Å². The van der Waals surface area contributed by atoms with E-state index in [0.29, 0.717) is 42.7 Å². The summed E-state index contributed by atoms with van der Waals surface area (Å²) in [4.78, 5) is 33.1. The Morgan fingerprint density at radius 3 is 2.54 bits per heavy atom. The lowest BCUT2D eigenvalue weighted by molar-refractivity contribution is -0.335. The van der Waals surface area contributed by atoms with Crippen LogP contribution in [0.25, 0.3) is 0 Å². The molecule has 12 heteroatoms. The third kappa shape index (κ3) is 7.87. The highest BCUT2D eigenvalue weighted by Gasteiger charge is 2.63. The number of allylic oxidation sites excluding steroid dienone is 2. The Morgan fingerprint density at radius 2 is 1.83 bits per heavy atom. The van der Waals surface area contributed by atoms with Crippen LogP contribution in [0.1, 0.15) is 78.7 Å². The zero-order valence-electron chi connectivity index (χ0n) is 32.3. The van der Waals surface area contributed by atoms with Gasteiger partial charge in [0.15, 0.2) is 17.8 Å². The average Bonchev–Trinajstić information content (AvgIpc) is 3.46. The third-order valence-electron chi connectivity index (χ3n) is 11.6. The molecule has 12 atom stereocenters. The summed E-state index contributed by atoms with van der Waals surface area (Å²) >= 11 is 0. The quantitative estimate of drug-likeness (QED) is 0.165. The first-order valence-electron chi connectivity index (χ1n) is 19.1. The molecule has 54 heavy (non-hydrogen) atoms. The van der Waals surface area contributed by atoms with Gasteiger partial charge in [0.2, 0.25) is 0 Å². The van der Waals surface area contributed by atoms with Crippen molar-refractivity contribution in [2.45, 2.75) is 127 Å². The fourth-order valence-electron chi connectivity index (χ4n) is 8.66. The lowest BCUT2D eigenvalue weighted by atomic mass is 9.70. The van der Waals surface area contributed by atoms with Gasteiger partial charge in [-0.3, -0.25) is 4.79 Å². The number of esters is 2. The molecular weight excluding hydrogens is 694 g/mol. The zero-order chi connectivity index (χ0) is 38.8. The van der Waals surface area contributed by atoms with Gasteiger partial charge in [-0.2, -0.15) is 0 Å². The summed E-state index contributed by atoms with van der Waals surface area (Å²) in [6.07, 6.45) is 7.07. The standard InChI is InChI=1S/C42H55NO11/c1-8-33-24(2)19-20-41(54-33)23-30-22-29(53-41)18-17-26(4)36(51-39(46)34(43-49-7)28-14-10-9-11-15-28)25(3)13-12-16-31-40(48-6)52-37-35(44)27(5)21-32(38(45)50-30)42(31,37)47/h9-17,21,24-25,29-30,32-33,35-37,40,44,47H,8,18-20,22-23H2,1-7H3/b13-12+,26-17+,31-16+,43-34+/t24-,25-,29?,30?,32?,33?,35+,36?,37?,40+,41?,42+/m0/s1. The molecule has 2 bridgehead atoms. The van der Waals surface area contributed by atoms with Crippen LogP contribution in [0, 0.1) is 17.8 Å². The van der Waals surface area contributed by atoms with Gasteiger partial charge in [-0.05, 0) is 50.2 Å². The van der Waals surface area contributed by atoms with Gasteiger partial charge in [0, 0.05) is 43.4 Å². The minimum absolute atomic E-state index is 0.0193. The van der Waals surface area contributed by atoms with Crippen LogP contribution < -0.4 is 0 Å².